The molecule has 1 aromatic rings. The van der Waals surface area contributed by atoms with E-state index in [9.17, 15) is 9.18 Å². The van der Waals surface area contributed by atoms with E-state index in [0.29, 0.717) is 12.3 Å². The van der Waals surface area contributed by atoms with E-state index in [1.54, 1.807) is 13.0 Å². The van der Waals surface area contributed by atoms with Crippen molar-refractivity contribution in [3.05, 3.63) is 30.1 Å². The van der Waals surface area contributed by atoms with Crippen molar-refractivity contribution in [2.45, 2.75) is 24.3 Å². The lowest BCUT2D eigenvalue weighted by atomic mass is 10.1. The molecule has 0 aliphatic carbocycles. The van der Waals surface area contributed by atoms with Crippen molar-refractivity contribution in [3.8, 4) is 0 Å². The molecule has 0 bridgehead atoms. The minimum absolute atomic E-state index is 0.275. The maximum Gasteiger partial charge on any atom is 0.326 e. The summed E-state index contributed by atoms with van der Waals surface area (Å²) in [5.74, 6) is -0.103. The van der Waals surface area contributed by atoms with Gasteiger partial charge < -0.3 is 10.1 Å². The second-order valence-corrected chi connectivity index (χ2v) is 5.15. The molecule has 5 heteroatoms. The van der Waals surface area contributed by atoms with Gasteiger partial charge in [0.25, 0.3) is 0 Å². The number of rotatable bonds is 6. The van der Waals surface area contributed by atoms with Crippen LogP contribution in [0.15, 0.2) is 29.2 Å². The van der Waals surface area contributed by atoms with Gasteiger partial charge in [-0.2, -0.15) is 0 Å². The molecule has 1 aromatic carbocycles. The molecule has 1 rings (SSSR count). The molecule has 0 fully saturated rings. The Bertz CT molecular complexity index is 414. The van der Waals surface area contributed by atoms with Crippen molar-refractivity contribution in [1.82, 2.24) is 5.32 Å². The van der Waals surface area contributed by atoms with Gasteiger partial charge in [0, 0.05) is 10.6 Å². The van der Waals surface area contributed by atoms with Crippen LogP contribution in [-0.4, -0.2) is 30.9 Å². The first-order valence-corrected chi connectivity index (χ1v) is 6.72. The molecule has 1 unspecified atom stereocenters. The summed E-state index contributed by atoms with van der Waals surface area (Å²) in [4.78, 5) is 12.5. The number of likely N-dealkylation sites (N-methyl/N-ethyl adjacent to an activating group) is 1. The SMILES string of the molecule is CCNC(C)(CSc1cccc(F)c1)C(=O)OC. The van der Waals surface area contributed by atoms with Crippen molar-refractivity contribution in [3.63, 3.8) is 0 Å². The first kappa shape index (κ1) is 15.0. The molecule has 0 amide bonds. The molecule has 0 radical (unpaired) electrons. The van der Waals surface area contributed by atoms with E-state index in [-0.39, 0.29) is 11.8 Å². The first-order chi connectivity index (χ1) is 8.51. The molecular weight excluding hydrogens is 253 g/mol. The van der Waals surface area contributed by atoms with Gasteiger partial charge in [-0.3, -0.25) is 4.79 Å². The highest BCUT2D eigenvalue weighted by Gasteiger charge is 2.33. The van der Waals surface area contributed by atoms with Crippen LogP contribution in [-0.2, 0) is 9.53 Å². The molecule has 18 heavy (non-hydrogen) atoms. The van der Waals surface area contributed by atoms with Crippen LogP contribution in [0.4, 0.5) is 4.39 Å². The molecule has 0 aliphatic rings. The van der Waals surface area contributed by atoms with E-state index in [0.717, 1.165) is 4.90 Å². The van der Waals surface area contributed by atoms with Crippen molar-refractivity contribution in [2.75, 3.05) is 19.4 Å². The smallest absolute Gasteiger partial charge is 0.326 e. The lowest BCUT2D eigenvalue weighted by Gasteiger charge is -2.27. The second kappa shape index (κ2) is 6.75. The normalized spacial score (nSPS) is 14.0. The molecule has 1 N–H and O–H groups in total. The molecule has 0 aliphatic heterocycles. The number of thioether (sulfide) groups is 1. The number of hydrogen-bond acceptors (Lipinski definition) is 4. The fourth-order valence-electron chi connectivity index (χ4n) is 1.58. The number of ether oxygens (including phenoxy) is 1. The molecule has 0 saturated carbocycles. The number of esters is 1. The Morgan fingerprint density at radius 3 is 2.83 bits per heavy atom. The standard InChI is InChI=1S/C13H18FNO2S/c1-4-15-13(2,12(16)17-3)9-18-11-7-5-6-10(14)8-11/h5-8,15H,4,9H2,1-3H3. The molecule has 1 atom stereocenters. The van der Waals surface area contributed by atoms with Gasteiger partial charge in [-0.25, -0.2) is 4.39 Å². The summed E-state index contributed by atoms with van der Waals surface area (Å²) in [6.07, 6.45) is 0. The third-order valence-electron chi connectivity index (χ3n) is 2.53. The summed E-state index contributed by atoms with van der Waals surface area (Å²) in [6.45, 7) is 4.37. The lowest BCUT2D eigenvalue weighted by Crippen LogP contribution is -2.52. The number of nitrogens with one attached hydrogen (secondary N) is 1. The van der Waals surface area contributed by atoms with Crippen LogP contribution in [0.1, 0.15) is 13.8 Å². The fourth-order valence-corrected chi connectivity index (χ4v) is 2.63. The number of methoxy groups -OCH3 is 1. The Kier molecular flexibility index (Phi) is 5.62. The number of hydrogen-bond donors (Lipinski definition) is 1. The Morgan fingerprint density at radius 2 is 2.28 bits per heavy atom. The Hall–Kier alpha value is -1.07. The number of halogens is 1. The van der Waals surface area contributed by atoms with Gasteiger partial charge in [-0.15, -0.1) is 11.8 Å². The maximum atomic E-state index is 13.0. The van der Waals surface area contributed by atoms with Gasteiger partial charge in [-0.05, 0) is 31.7 Å². The van der Waals surface area contributed by atoms with E-state index < -0.39 is 5.54 Å². The fraction of sp³-hybridized carbons (Fsp3) is 0.462. The third kappa shape index (κ3) is 3.99. The van der Waals surface area contributed by atoms with Gasteiger partial charge >= 0.3 is 5.97 Å². The van der Waals surface area contributed by atoms with Crippen molar-refractivity contribution in [2.24, 2.45) is 0 Å². The van der Waals surface area contributed by atoms with Gasteiger partial charge in [0.05, 0.1) is 7.11 Å². The topological polar surface area (TPSA) is 38.3 Å². The van der Waals surface area contributed by atoms with E-state index in [1.807, 2.05) is 13.0 Å². The van der Waals surface area contributed by atoms with Gasteiger partial charge in [0.15, 0.2) is 0 Å². The van der Waals surface area contributed by atoms with Gasteiger partial charge in [0.1, 0.15) is 11.4 Å². The van der Waals surface area contributed by atoms with Crippen molar-refractivity contribution < 1.29 is 13.9 Å². The third-order valence-corrected chi connectivity index (χ3v) is 3.84. The van der Waals surface area contributed by atoms with Crippen LogP contribution in [0.3, 0.4) is 0 Å². The number of carbonyl (C=O) groups is 1. The summed E-state index contributed by atoms with van der Waals surface area (Å²) in [6, 6.07) is 6.32. The van der Waals surface area contributed by atoms with Crippen LogP contribution >= 0.6 is 11.8 Å². The zero-order valence-electron chi connectivity index (χ0n) is 10.8. The van der Waals surface area contributed by atoms with Crippen molar-refractivity contribution in [1.29, 1.82) is 0 Å². The maximum absolute atomic E-state index is 13.0. The van der Waals surface area contributed by atoms with E-state index in [1.165, 1.54) is 31.0 Å². The van der Waals surface area contributed by atoms with Crippen LogP contribution < -0.4 is 5.32 Å². The minimum atomic E-state index is -0.763. The van der Waals surface area contributed by atoms with Gasteiger partial charge in [0.2, 0.25) is 0 Å². The van der Waals surface area contributed by atoms with Crippen LogP contribution in [0.2, 0.25) is 0 Å². The highest BCUT2D eigenvalue weighted by molar-refractivity contribution is 7.99. The monoisotopic (exact) mass is 271 g/mol. The number of benzene rings is 1. The van der Waals surface area contributed by atoms with E-state index in [2.05, 4.69) is 5.32 Å². The van der Waals surface area contributed by atoms with Crippen LogP contribution in [0.25, 0.3) is 0 Å². The number of carbonyl (C=O) groups excluding carboxylic acids is 1. The zero-order chi connectivity index (χ0) is 13.6. The lowest BCUT2D eigenvalue weighted by molar-refractivity contribution is -0.146. The first-order valence-electron chi connectivity index (χ1n) is 5.73. The quantitative estimate of drug-likeness (QED) is 0.637. The van der Waals surface area contributed by atoms with Crippen LogP contribution in [0.5, 0.6) is 0 Å². The predicted molar refractivity (Wildman–Crippen MR) is 71.2 cm³/mol. The van der Waals surface area contributed by atoms with E-state index in [4.69, 9.17) is 4.74 Å². The molecule has 3 nitrogen and oxygen atoms in total. The zero-order valence-corrected chi connectivity index (χ0v) is 11.6. The summed E-state index contributed by atoms with van der Waals surface area (Å²) in [5, 5.41) is 3.11. The van der Waals surface area contributed by atoms with Gasteiger partial charge in [-0.1, -0.05) is 13.0 Å². The predicted octanol–water partition coefficient (Wildman–Crippen LogP) is 2.46. The van der Waals surface area contributed by atoms with Crippen molar-refractivity contribution >= 4 is 17.7 Å². The molecule has 0 saturated heterocycles. The molecule has 0 heterocycles. The van der Waals surface area contributed by atoms with E-state index >= 15 is 0 Å². The minimum Gasteiger partial charge on any atom is -0.468 e. The Labute approximate surface area is 111 Å². The largest absolute Gasteiger partial charge is 0.468 e. The highest BCUT2D eigenvalue weighted by atomic mass is 32.2. The molecule has 100 valence electrons. The molecule has 0 spiro atoms. The average molecular weight is 271 g/mol. The molecule has 0 aromatic heterocycles. The Balaban J connectivity index is 2.70. The van der Waals surface area contributed by atoms with Crippen LogP contribution in [0, 0.1) is 5.82 Å². The highest BCUT2D eigenvalue weighted by Crippen LogP contribution is 2.24. The second-order valence-electron chi connectivity index (χ2n) is 4.10. The Morgan fingerprint density at radius 1 is 1.56 bits per heavy atom. The summed E-state index contributed by atoms with van der Waals surface area (Å²) >= 11 is 1.42. The average Bonchev–Trinajstić information content (AvgIpc) is 2.36. The summed E-state index contributed by atoms with van der Waals surface area (Å²) in [5.41, 5.74) is -0.763. The summed E-state index contributed by atoms with van der Waals surface area (Å²) in [7, 11) is 1.37. The molecular formula is C13H18FNO2S. The summed E-state index contributed by atoms with van der Waals surface area (Å²) < 4.78 is 17.8.